The molecule has 0 radical (unpaired) electrons. The topological polar surface area (TPSA) is 116 Å². The van der Waals surface area contributed by atoms with E-state index in [0.717, 1.165) is 5.57 Å². The Hall–Kier alpha value is -0.830. The van der Waals surface area contributed by atoms with Gasteiger partial charge in [0, 0.05) is 12.3 Å². The molecular formula is C21H34O7. The minimum atomic E-state index is -1.45. The summed E-state index contributed by atoms with van der Waals surface area (Å²) in [5.74, 6) is 1.36. The molecule has 0 amide bonds. The van der Waals surface area contributed by atoms with Crippen molar-refractivity contribution >= 4 is 5.78 Å². The molecule has 1 saturated heterocycles. The van der Waals surface area contributed by atoms with Crippen LogP contribution in [0.5, 0.6) is 0 Å². The zero-order valence-electron chi connectivity index (χ0n) is 17.1. The first-order valence-electron chi connectivity index (χ1n) is 10.3. The minimum absolute atomic E-state index is 0.0179. The zero-order chi connectivity index (χ0) is 20.7. The van der Waals surface area contributed by atoms with Gasteiger partial charge in [-0.05, 0) is 42.6 Å². The van der Waals surface area contributed by atoms with Gasteiger partial charge >= 0.3 is 0 Å². The summed E-state index contributed by atoms with van der Waals surface area (Å²) < 4.78 is 11.5. The Kier molecular flexibility index (Phi) is 6.64. The molecule has 4 N–H and O–H groups in total. The van der Waals surface area contributed by atoms with Crippen LogP contribution >= 0.6 is 0 Å². The molecule has 1 saturated carbocycles. The molecule has 0 aromatic carbocycles. The average Bonchev–Trinajstić information content (AvgIpc) is 2.62. The Morgan fingerprint density at radius 3 is 2.50 bits per heavy atom. The molecule has 28 heavy (non-hydrogen) atoms. The number of ether oxygens (including phenoxy) is 2. The zero-order valence-corrected chi connectivity index (χ0v) is 17.1. The number of fused-ring (bicyclic) bond motifs is 1. The van der Waals surface area contributed by atoms with E-state index in [4.69, 9.17) is 9.47 Å². The van der Waals surface area contributed by atoms with Gasteiger partial charge in [-0.15, -0.1) is 0 Å². The number of rotatable bonds is 4. The lowest BCUT2D eigenvalue weighted by Crippen LogP contribution is -2.60. The van der Waals surface area contributed by atoms with Crippen LogP contribution in [0.15, 0.2) is 11.6 Å². The van der Waals surface area contributed by atoms with Gasteiger partial charge in [0.15, 0.2) is 6.29 Å². The van der Waals surface area contributed by atoms with Gasteiger partial charge in [-0.25, -0.2) is 0 Å². The van der Waals surface area contributed by atoms with Crippen LogP contribution in [0.1, 0.15) is 40.5 Å². The van der Waals surface area contributed by atoms with Gasteiger partial charge in [-0.3, -0.25) is 4.79 Å². The Balaban J connectivity index is 1.78. The highest BCUT2D eigenvalue weighted by Gasteiger charge is 2.48. The first-order valence-corrected chi connectivity index (χ1v) is 10.3. The van der Waals surface area contributed by atoms with Crippen LogP contribution in [0.3, 0.4) is 0 Å². The summed E-state index contributed by atoms with van der Waals surface area (Å²) in [6, 6.07) is 0. The summed E-state index contributed by atoms with van der Waals surface area (Å²) in [5.41, 5.74) is 0.978. The molecule has 160 valence electrons. The molecule has 0 aromatic rings. The van der Waals surface area contributed by atoms with E-state index in [2.05, 4.69) is 26.8 Å². The van der Waals surface area contributed by atoms with Crippen molar-refractivity contribution in [2.24, 2.45) is 29.6 Å². The molecule has 10 atom stereocenters. The molecule has 2 aliphatic carbocycles. The van der Waals surface area contributed by atoms with E-state index in [-0.39, 0.29) is 29.8 Å². The second-order valence-electron chi connectivity index (χ2n) is 9.13. The van der Waals surface area contributed by atoms with E-state index in [1.807, 2.05) is 6.92 Å². The molecule has 0 aromatic heterocycles. The SMILES string of the molecule is CC1=CC2C(CC1OC1OC(CO)C(O)C(O)C1O)C(C)CC(=O)C2C(C)C. The normalized spacial score (nSPS) is 47.0. The summed E-state index contributed by atoms with van der Waals surface area (Å²) >= 11 is 0. The van der Waals surface area contributed by atoms with E-state index in [9.17, 15) is 25.2 Å². The molecule has 10 unspecified atom stereocenters. The lowest BCUT2D eigenvalue weighted by molar-refractivity contribution is -0.310. The van der Waals surface area contributed by atoms with Crippen molar-refractivity contribution in [3.05, 3.63) is 11.6 Å². The second-order valence-corrected chi connectivity index (χ2v) is 9.13. The maximum absolute atomic E-state index is 12.6. The molecule has 0 bridgehead atoms. The third kappa shape index (κ3) is 3.93. The van der Waals surface area contributed by atoms with Crippen molar-refractivity contribution < 1.29 is 34.7 Å². The van der Waals surface area contributed by atoms with E-state index in [1.54, 1.807) is 0 Å². The fourth-order valence-corrected chi connectivity index (χ4v) is 5.25. The molecule has 2 fully saturated rings. The van der Waals surface area contributed by atoms with Crippen LogP contribution in [0, 0.1) is 29.6 Å². The average molecular weight is 398 g/mol. The van der Waals surface area contributed by atoms with Crippen molar-refractivity contribution in [1.29, 1.82) is 0 Å². The van der Waals surface area contributed by atoms with Crippen molar-refractivity contribution in [2.75, 3.05) is 6.61 Å². The van der Waals surface area contributed by atoms with E-state index >= 15 is 0 Å². The van der Waals surface area contributed by atoms with Gasteiger partial charge in [0.25, 0.3) is 0 Å². The number of carbonyl (C=O) groups is 1. The Bertz CT molecular complexity index is 602. The Morgan fingerprint density at radius 2 is 1.89 bits per heavy atom. The predicted octanol–water partition coefficient (Wildman–Crippen LogP) is 0.635. The van der Waals surface area contributed by atoms with Gasteiger partial charge < -0.3 is 29.9 Å². The van der Waals surface area contributed by atoms with Gasteiger partial charge in [0.2, 0.25) is 0 Å². The number of hydrogen-bond donors (Lipinski definition) is 4. The Morgan fingerprint density at radius 1 is 1.21 bits per heavy atom. The highest BCUT2D eigenvalue weighted by molar-refractivity contribution is 5.83. The molecule has 0 spiro atoms. The van der Waals surface area contributed by atoms with Gasteiger partial charge in [0.05, 0.1) is 12.7 Å². The fourth-order valence-electron chi connectivity index (χ4n) is 5.25. The number of hydrogen-bond acceptors (Lipinski definition) is 7. The Labute approximate surface area is 166 Å². The highest BCUT2D eigenvalue weighted by atomic mass is 16.7. The summed E-state index contributed by atoms with van der Waals surface area (Å²) in [7, 11) is 0. The standard InChI is InChI=1S/C21H34O7/c1-9(2)17-13-5-11(4)15(7-12(13)10(3)6-14(17)23)27-21-20(26)19(25)18(24)16(8-22)28-21/h5,9-10,12-13,15-22,24-26H,6-8H2,1-4H3. The monoisotopic (exact) mass is 398 g/mol. The summed E-state index contributed by atoms with van der Waals surface area (Å²) in [6.07, 6.45) is -3.27. The number of Topliss-reactive ketones (excluding diaryl/α,β-unsaturated/α-hetero) is 1. The molecule has 1 aliphatic heterocycles. The molecule has 1 heterocycles. The predicted molar refractivity (Wildman–Crippen MR) is 101 cm³/mol. The molecule has 7 nitrogen and oxygen atoms in total. The van der Waals surface area contributed by atoms with Crippen LogP contribution < -0.4 is 0 Å². The van der Waals surface area contributed by atoms with Crippen LogP contribution in [0.4, 0.5) is 0 Å². The number of allylic oxidation sites excluding steroid dienone is 1. The van der Waals surface area contributed by atoms with Gasteiger partial charge in [-0.2, -0.15) is 0 Å². The van der Waals surface area contributed by atoms with E-state index in [0.29, 0.717) is 24.5 Å². The van der Waals surface area contributed by atoms with Gasteiger partial charge in [-0.1, -0.05) is 26.8 Å². The van der Waals surface area contributed by atoms with Crippen LogP contribution in [0.2, 0.25) is 0 Å². The van der Waals surface area contributed by atoms with Crippen LogP contribution in [-0.4, -0.2) is 69.6 Å². The maximum atomic E-state index is 12.6. The van der Waals surface area contributed by atoms with Crippen molar-refractivity contribution in [2.45, 2.75) is 77.3 Å². The molecule has 3 rings (SSSR count). The van der Waals surface area contributed by atoms with Gasteiger partial charge in [0.1, 0.15) is 30.2 Å². The number of aliphatic hydroxyl groups excluding tert-OH is 4. The number of aliphatic hydroxyl groups is 4. The van der Waals surface area contributed by atoms with Crippen molar-refractivity contribution in [1.82, 2.24) is 0 Å². The van der Waals surface area contributed by atoms with E-state index < -0.39 is 37.3 Å². The third-order valence-corrected chi connectivity index (χ3v) is 6.85. The molecule has 3 aliphatic rings. The van der Waals surface area contributed by atoms with E-state index in [1.165, 1.54) is 0 Å². The van der Waals surface area contributed by atoms with Crippen molar-refractivity contribution in [3.63, 3.8) is 0 Å². The third-order valence-electron chi connectivity index (χ3n) is 6.85. The molecule has 7 heteroatoms. The minimum Gasteiger partial charge on any atom is -0.394 e. The first-order chi connectivity index (χ1) is 13.1. The van der Waals surface area contributed by atoms with Crippen LogP contribution in [0.25, 0.3) is 0 Å². The quantitative estimate of drug-likeness (QED) is 0.513. The fraction of sp³-hybridized carbons (Fsp3) is 0.857. The lowest BCUT2D eigenvalue weighted by atomic mass is 9.59. The second kappa shape index (κ2) is 8.50. The van der Waals surface area contributed by atoms with Crippen LogP contribution in [-0.2, 0) is 14.3 Å². The highest BCUT2D eigenvalue weighted by Crippen LogP contribution is 2.47. The molecular weight excluding hydrogens is 364 g/mol. The van der Waals surface area contributed by atoms with Crippen molar-refractivity contribution in [3.8, 4) is 0 Å². The number of ketones is 1. The first kappa shape index (κ1) is 21.9. The number of carbonyl (C=O) groups excluding carboxylic acids is 1. The maximum Gasteiger partial charge on any atom is 0.187 e. The smallest absolute Gasteiger partial charge is 0.187 e. The summed E-state index contributed by atoms with van der Waals surface area (Å²) in [6.45, 7) is 7.76. The lowest BCUT2D eigenvalue weighted by Gasteiger charge is -2.47. The largest absolute Gasteiger partial charge is 0.394 e. The summed E-state index contributed by atoms with van der Waals surface area (Å²) in [4.78, 5) is 12.6. The summed E-state index contributed by atoms with van der Waals surface area (Å²) in [5, 5.41) is 39.6.